The van der Waals surface area contributed by atoms with Gasteiger partial charge in [0.25, 0.3) is 0 Å². The van der Waals surface area contributed by atoms with Crippen LogP contribution in [-0.4, -0.2) is 29.3 Å². The summed E-state index contributed by atoms with van der Waals surface area (Å²) >= 11 is 0. The van der Waals surface area contributed by atoms with Gasteiger partial charge in [-0.3, -0.25) is 0 Å². The van der Waals surface area contributed by atoms with Crippen LogP contribution in [0.2, 0.25) is 0 Å². The molecule has 0 spiro atoms. The second kappa shape index (κ2) is 4.90. The Morgan fingerprint density at radius 3 is 2.83 bits per heavy atom. The molecular formula is C15H22N2O. The van der Waals surface area contributed by atoms with Gasteiger partial charge in [0.1, 0.15) is 0 Å². The predicted molar refractivity (Wildman–Crippen MR) is 73.7 cm³/mol. The van der Waals surface area contributed by atoms with Gasteiger partial charge in [-0.15, -0.1) is 0 Å². The summed E-state index contributed by atoms with van der Waals surface area (Å²) in [5.74, 6) is 0. The lowest BCUT2D eigenvalue weighted by Gasteiger charge is -2.49. The highest BCUT2D eigenvalue weighted by Gasteiger charge is 2.47. The van der Waals surface area contributed by atoms with Gasteiger partial charge in [-0.25, -0.2) is 0 Å². The van der Waals surface area contributed by atoms with Gasteiger partial charge in [-0.2, -0.15) is 0 Å². The van der Waals surface area contributed by atoms with Gasteiger partial charge < -0.3 is 15.7 Å². The summed E-state index contributed by atoms with van der Waals surface area (Å²) in [7, 11) is 0. The molecule has 1 aromatic rings. The van der Waals surface area contributed by atoms with Gasteiger partial charge in [0, 0.05) is 11.7 Å². The van der Waals surface area contributed by atoms with Crippen molar-refractivity contribution >= 4 is 5.69 Å². The van der Waals surface area contributed by atoms with Crippen molar-refractivity contribution in [2.24, 2.45) is 0 Å². The Balaban J connectivity index is 1.78. The fourth-order valence-corrected chi connectivity index (χ4v) is 3.46. The molecule has 0 bridgehead atoms. The number of hydrogen-bond acceptors (Lipinski definition) is 3. The highest BCUT2D eigenvalue weighted by Crippen LogP contribution is 2.36. The molecule has 3 N–H and O–H groups in total. The summed E-state index contributed by atoms with van der Waals surface area (Å²) < 4.78 is 0. The molecule has 18 heavy (non-hydrogen) atoms. The van der Waals surface area contributed by atoms with Crippen molar-refractivity contribution in [3.8, 4) is 0 Å². The third-order valence-electron chi connectivity index (χ3n) is 4.47. The Labute approximate surface area is 109 Å². The number of aliphatic hydroxyl groups is 1. The van der Waals surface area contributed by atoms with E-state index in [4.69, 9.17) is 0 Å². The van der Waals surface area contributed by atoms with E-state index >= 15 is 0 Å². The lowest BCUT2D eigenvalue weighted by molar-refractivity contribution is -0.0584. The van der Waals surface area contributed by atoms with Gasteiger partial charge in [0.05, 0.1) is 11.6 Å². The Morgan fingerprint density at radius 2 is 2.00 bits per heavy atom. The average Bonchev–Trinajstić information content (AvgIpc) is 2.41. The number of nitrogens with one attached hydrogen (secondary N) is 2. The van der Waals surface area contributed by atoms with E-state index in [9.17, 15) is 5.11 Å². The Bertz CT molecular complexity index is 393. The summed E-state index contributed by atoms with van der Waals surface area (Å²) in [6.45, 7) is 0.997. The van der Waals surface area contributed by atoms with E-state index in [1.807, 2.05) is 18.2 Å². The molecule has 0 unspecified atom stereocenters. The second-order valence-electron chi connectivity index (χ2n) is 5.60. The zero-order chi connectivity index (χ0) is 12.4. The maximum Gasteiger partial charge on any atom is 0.1000 e. The summed E-state index contributed by atoms with van der Waals surface area (Å²) in [6.07, 6.45) is 5.38. The first-order chi connectivity index (χ1) is 8.79. The largest absolute Gasteiger partial charge is 0.386 e. The van der Waals surface area contributed by atoms with Crippen LogP contribution in [-0.2, 0) is 0 Å². The van der Waals surface area contributed by atoms with Gasteiger partial charge in [-0.1, -0.05) is 31.0 Å². The highest BCUT2D eigenvalue weighted by atomic mass is 16.3. The lowest BCUT2D eigenvalue weighted by atomic mass is 9.72. The first-order valence-electron chi connectivity index (χ1n) is 7.06. The minimum atomic E-state index is -0.577. The maximum absolute atomic E-state index is 11.0. The maximum atomic E-state index is 11.0. The average molecular weight is 246 g/mol. The Morgan fingerprint density at radius 1 is 1.17 bits per heavy atom. The summed E-state index contributed by atoms with van der Waals surface area (Å²) in [6, 6.07) is 10.7. The van der Waals surface area contributed by atoms with Gasteiger partial charge in [-0.05, 0) is 37.9 Å². The molecule has 0 aromatic heterocycles. The van der Waals surface area contributed by atoms with E-state index in [0.717, 1.165) is 37.9 Å². The van der Waals surface area contributed by atoms with E-state index in [2.05, 4.69) is 22.8 Å². The molecule has 1 aromatic carbocycles. The first kappa shape index (κ1) is 12.0. The van der Waals surface area contributed by atoms with Crippen molar-refractivity contribution in [1.29, 1.82) is 0 Å². The van der Waals surface area contributed by atoms with E-state index in [-0.39, 0.29) is 12.1 Å². The second-order valence-corrected chi connectivity index (χ2v) is 5.60. The smallest absolute Gasteiger partial charge is 0.1000 e. The van der Waals surface area contributed by atoms with Crippen LogP contribution in [0.3, 0.4) is 0 Å². The quantitative estimate of drug-likeness (QED) is 0.749. The van der Waals surface area contributed by atoms with E-state index in [1.54, 1.807) is 0 Å². The molecule has 3 rings (SSSR count). The summed E-state index contributed by atoms with van der Waals surface area (Å²) in [5.41, 5.74) is 0.536. The Kier molecular flexibility index (Phi) is 3.27. The van der Waals surface area contributed by atoms with E-state index in [0.29, 0.717) is 0 Å². The minimum Gasteiger partial charge on any atom is -0.386 e. The van der Waals surface area contributed by atoms with Gasteiger partial charge in [0.2, 0.25) is 0 Å². The molecule has 0 amide bonds. The fraction of sp³-hybridized carbons (Fsp3) is 0.600. The van der Waals surface area contributed by atoms with Crippen LogP contribution >= 0.6 is 0 Å². The standard InChI is InChI=1S/C15H22N2O/c18-15-10-5-4-8-13(15)16-11-9-14(15)17-12-6-2-1-3-7-12/h1-3,6-7,13-14,16-18H,4-5,8-11H2/t13-,14-,15+/m0/s1. The van der Waals surface area contributed by atoms with Gasteiger partial charge in [0.15, 0.2) is 0 Å². The fourth-order valence-electron chi connectivity index (χ4n) is 3.46. The van der Waals surface area contributed by atoms with Crippen molar-refractivity contribution < 1.29 is 5.11 Å². The summed E-state index contributed by atoms with van der Waals surface area (Å²) in [4.78, 5) is 0. The van der Waals surface area contributed by atoms with Crippen molar-refractivity contribution in [2.75, 3.05) is 11.9 Å². The van der Waals surface area contributed by atoms with E-state index in [1.165, 1.54) is 6.42 Å². The zero-order valence-corrected chi connectivity index (χ0v) is 10.7. The lowest BCUT2D eigenvalue weighted by Crippen LogP contribution is -2.65. The van der Waals surface area contributed by atoms with Crippen molar-refractivity contribution in [3.05, 3.63) is 30.3 Å². The highest BCUT2D eigenvalue weighted by molar-refractivity contribution is 5.44. The van der Waals surface area contributed by atoms with Crippen LogP contribution in [0.5, 0.6) is 0 Å². The molecule has 3 heteroatoms. The monoisotopic (exact) mass is 246 g/mol. The van der Waals surface area contributed by atoms with Gasteiger partial charge >= 0.3 is 0 Å². The predicted octanol–water partition coefficient (Wildman–Crippen LogP) is 2.13. The topological polar surface area (TPSA) is 44.3 Å². The molecule has 1 saturated carbocycles. The van der Waals surface area contributed by atoms with Crippen LogP contribution in [0.25, 0.3) is 0 Å². The van der Waals surface area contributed by atoms with Crippen molar-refractivity contribution in [3.63, 3.8) is 0 Å². The molecule has 1 aliphatic heterocycles. The third kappa shape index (κ3) is 2.13. The molecule has 1 aliphatic carbocycles. The normalized spacial score (nSPS) is 35.8. The number of para-hydroxylation sites is 1. The van der Waals surface area contributed by atoms with Crippen LogP contribution in [0.1, 0.15) is 32.1 Å². The van der Waals surface area contributed by atoms with Crippen molar-refractivity contribution in [1.82, 2.24) is 5.32 Å². The number of piperidine rings is 1. The molecular weight excluding hydrogens is 224 g/mol. The molecule has 1 saturated heterocycles. The number of hydrogen-bond donors (Lipinski definition) is 3. The number of benzene rings is 1. The molecule has 3 nitrogen and oxygen atoms in total. The first-order valence-corrected chi connectivity index (χ1v) is 7.06. The van der Waals surface area contributed by atoms with Crippen LogP contribution < -0.4 is 10.6 Å². The molecule has 0 radical (unpaired) electrons. The number of anilines is 1. The minimum absolute atomic E-state index is 0.173. The molecule has 98 valence electrons. The van der Waals surface area contributed by atoms with Crippen LogP contribution in [0.4, 0.5) is 5.69 Å². The van der Waals surface area contributed by atoms with Crippen LogP contribution in [0.15, 0.2) is 30.3 Å². The zero-order valence-electron chi connectivity index (χ0n) is 10.7. The SMILES string of the molecule is O[C@]12CCCC[C@@H]1NCC[C@@H]2Nc1ccccc1. The molecule has 2 aliphatic rings. The van der Waals surface area contributed by atoms with Crippen LogP contribution in [0, 0.1) is 0 Å². The number of rotatable bonds is 2. The molecule has 1 heterocycles. The summed E-state index contributed by atoms with van der Waals surface area (Å²) in [5, 5.41) is 18.0. The molecule has 2 fully saturated rings. The molecule has 3 atom stereocenters. The van der Waals surface area contributed by atoms with Crippen molar-refractivity contribution in [2.45, 2.75) is 49.8 Å². The third-order valence-corrected chi connectivity index (χ3v) is 4.47. The number of fused-ring (bicyclic) bond motifs is 1. The Hall–Kier alpha value is -1.06. The van der Waals surface area contributed by atoms with E-state index < -0.39 is 5.60 Å².